The molecule has 3 fully saturated rings. The quantitative estimate of drug-likeness (QED) is 0.815. The van der Waals surface area contributed by atoms with Crippen LogP contribution in [0.1, 0.15) is 33.1 Å². The average Bonchev–Trinajstić information content (AvgIpc) is 3.12. The van der Waals surface area contributed by atoms with Crippen LogP contribution in [0.4, 0.5) is 0 Å². The molecular weight excluding hydrogens is 222 g/mol. The first-order valence-corrected chi connectivity index (χ1v) is 7.89. The second-order valence-corrected chi connectivity index (χ2v) is 6.90. The Hall–Kier alpha value is -0.120. The molecule has 2 unspecified atom stereocenters. The second kappa shape index (κ2) is 5.10. The number of hydrogen-bond acceptors (Lipinski definition) is 3. The normalized spacial score (nSPS) is 39.3. The van der Waals surface area contributed by atoms with E-state index in [0.717, 1.165) is 11.8 Å². The van der Waals surface area contributed by atoms with E-state index in [1.807, 2.05) is 0 Å². The van der Waals surface area contributed by atoms with Gasteiger partial charge in [-0.25, -0.2) is 0 Å². The average molecular weight is 251 g/mol. The van der Waals surface area contributed by atoms with Crippen molar-refractivity contribution in [3.05, 3.63) is 0 Å². The first kappa shape index (κ1) is 12.9. The zero-order valence-electron chi connectivity index (χ0n) is 12.1. The largest absolute Gasteiger partial charge is 0.309 e. The molecule has 3 aliphatic rings. The van der Waals surface area contributed by atoms with Gasteiger partial charge in [-0.2, -0.15) is 0 Å². The van der Waals surface area contributed by atoms with E-state index in [0.29, 0.717) is 5.54 Å². The molecule has 0 radical (unpaired) electrons. The van der Waals surface area contributed by atoms with Crippen molar-refractivity contribution in [2.75, 3.05) is 45.8 Å². The summed E-state index contributed by atoms with van der Waals surface area (Å²) in [6.45, 7) is 13.7. The van der Waals surface area contributed by atoms with Crippen LogP contribution >= 0.6 is 0 Å². The molecule has 3 rings (SSSR count). The summed E-state index contributed by atoms with van der Waals surface area (Å²) in [6, 6.07) is 0. The minimum absolute atomic E-state index is 0.418. The molecule has 1 saturated carbocycles. The second-order valence-electron chi connectivity index (χ2n) is 6.90. The monoisotopic (exact) mass is 251 g/mol. The molecule has 0 aromatic carbocycles. The topological polar surface area (TPSA) is 18.5 Å². The lowest BCUT2D eigenvalue weighted by Crippen LogP contribution is -2.60. The SMILES string of the molecule is CCN1CCC(CN2CCNC(C)(C3CC3)C2)C1. The summed E-state index contributed by atoms with van der Waals surface area (Å²) in [4.78, 5) is 5.34. The van der Waals surface area contributed by atoms with Crippen molar-refractivity contribution >= 4 is 0 Å². The Bertz CT molecular complexity index is 289. The van der Waals surface area contributed by atoms with Gasteiger partial charge >= 0.3 is 0 Å². The number of hydrogen-bond donors (Lipinski definition) is 1. The van der Waals surface area contributed by atoms with Crippen molar-refractivity contribution in [1.29, 1.82) is 0 Å². The van der Waals surface area contributed by atoms with Gasteiger partial charge in [0, 0.05) is 38.3 Å². The van der Waals surface area contributed by atoms with E-state index in [1.54, 1.807) is 0 Å². The van der Waals surface area contributed by atoms with Crippen LogP contribution < -0.4 is 5.32 Å². The smallest absolute Gasteiger partial charge is 0.0309 e. The van der Waals surface area contributed by atoms with Gasteiger partial charge in [-0.3, -0.25) is 4.90 Å². The highest BCUT2D eigenvalue weighted by Crippen LogP contribution is 2.40. The Labute approximate surface area is 112 Å². The summed E-state index contributed by atoms with van der Waals surface area (Å²) in [5.41, 5.74) is 0.418. The van der Waals surface area contributed by atoms with Gasteiger partial charge in [0.1, 0.15) is 0 Å². The highest BCUT2D eigenvalue weighted by atomic mass is 15.2. The van der Waals surface area contributed by atoms with Gasteiger partial charge in [-0.05, 0) is 51.1 Å². The van der Waals surface area contributed by atoms with Gasteiger partial charge in [-0.15, -0.1) is 0 Å². The molecule has 18 heavy (non-hydrogen) atoms. The highest BCUT2D eigenvalue weighted by Gasteiger charge is 2.44. The van der Waals surface area contributed by atoms with Crippen LogP contribution in [-0.2, 0) is 0 Å². The van der Waals surface area contributed by atoms with Crippen molar-refractivity contribution in [3.63, 3.8) is 0 Å². The predicted molar refractivity (Wildman–Crippen MR) is 75.8 cm³/mol. The van der Waals surface area contributed by atoms with E-state index < -0.39 is 0 Å². The summed E-state index contributed by atoms with van der Waals surface area (Å²) < 4.78 is 0. The number of nitrogens with one attached hydrogen (secondary N) is 1. The molecule has 3 nitrogen and oxygen atoms in total. The third-order valence-electron chi connectivity index (χ3n) is 5.32. The Morgan fingerprint density at radius 3 is 2.67 bits per heavy atom. The number of likely N-dealkylation sites (tertiary alicyclic amines) is 1. The molecule has 0 aromatic rings. The summed E-state index contributed by atoms with van der Waals surface area (Å²) in [5.74, 6) is 1.88. The Morgan fingerprint density at radius 1 is 1.17 bits per heavy atom. The molecule has 0 spiro atoms. The predicted octanol–water partition coefficient (Wildman–Crippen LogP) is 1.40. The Morgan fingerprint density at radius 2 is 2.00 bits per heavy atom. The molecule has 2 saturated heterocycles. The summed E-state index contributed by atoms with van der Waals surface area (Å²) >= 11 is 0. The van der Waals surface area contributed by atoms with Crippen LogP contribution in [0.3, 0.4) is 0 Å². The lowest BCUT2D eigenvalue weighted by atomic mass is 9.92. The van der Waals surface area contributed by atoms with Crippen LogP contribution in [0.25, 0.3) is 0 Å². The van der Waals surface area contributed by atoms with E-state index in [4.69, 9.17) is 0 Å². The zero-order chi connectivity index (χ0) is 12.6. The molecule has 104 valence electrons. The molecule has 2 atom stereocenters. The molecule has 0 amide bonds. The van der Waals surface area contributed by atoms with Gasteiger partial charge in [0.15, 0.2) is 0 Å². The standard InChI is InChI=1S/C15H29N3/c1-3-17-8-6-13(10-17)11-18-9-7-16-15(2,12-18)14-4-5-14/h13-14,16H,3-12H2,1-2H3. The Kier molecular flexibility index (Phi) is 3.65. The fraction of sp³-hybridized carbons (Fsp3) is 1.00. The van der Waals surface area contributed by atoms with Gasteiger partial charge in [0.25, 0.3) is 0 Å². The molecular formula is C15H29N3. The summed E-state index contributed by atoms with van der Waals surface area (Å²) in [5, 5.41) is 3.78. The molecule has 2 aliphatic heterocycles. The summed E-state index contributed by atoms with van der Waals surface area (Å²) in [7, 11) is 0. The number of piperazine rings is 1. The first-order valence-electron chi connectivity index (χ1n) is 7.89. The third-order valence-corrected chi connectivity index (χ3v) is 5.32. The van der Waals surface area contributed by atoms with Gasteiger partial charge in [-0.1, -0.05) is 6.92 Å². The van der Waals surface area contributed by atoms with Crippen molar-refractivity contribution in [1.82, 2.24) is 15.1 Å². The lowest BCUT2D eigenvalue weighted by molar-refractivity contribution is 0.112. The molecule has 0 aromatic heterocycles. The van der Waals surface area contributed by atoms with Gasteiger partial charge in [0.05, 0.1) is 0 Å². The van der Waals surface area contributed by atoms with Crippen LogP contribution in [0.2, 0.25) is 0 Å². The number of rotatable bonds is 4. The van der Waals surface area contributed by atoms with E-state index >= 15 is 0 Å². The molecule has 3 heteroatoms. The molecule has 1 N–H and O–H groups in total. The van der Waals surface area contributed by atoms with E-state index in [1.165, 1.54) is 65.1 Å². The maximum absolute atomic E-state index is 3.78. The van der Waals surface area contributed by atoms with E-state index in [9.17, 15) is 0 Å². The van der Waals surface area contributed by atoms with Crippen molar-refractivity contribution in [3.8, 4) is 0 Å². The van der Waals surface area contributed by atoms with Crippen LogP contribution in [0, 0.1) is 11.8 Å². The molecule has 0 bridgehead atoms. The third kappa shape index (κ3) is 2.73. The fourth-order valence-electron chi connectivity index (χ4n) is 3.96. The van der Waals surface area contributed by atoms with Crippen LogP contribution in [0.5, 0.6) is 0 Å². The van der Waals surface area contributed by atoms with Crippen molar-refractivity contribution < 1.29 is 0 Å². The maximum Gasteiger partial charge on any atom is 0.0309 e. The first-order chi connectivity index (χ1) is 8.69. The minimum Gasteiger partial charge on any atom is -0.309 e. The van der Waals surface area contributed by atoms with Crippen molar-refractivity contribution in [2.24, 2.45) is 11.8 Å². The van der Waals surface area contributed by atoms with Crippen LogP contribution in [0.15, 0.2) is 0 Å². The van der Waals surface area contributed by atoms with Gasteiger partial charge in [0.2, 0.25) is 0 Å². The highest BCUT2D eigenvalue weighted by molar-refractivity contribution is 5.02. The molecule has 1 aliphatic carbocycles. The minimum atomic E-state index is 0.418. The van der Waals surface area contributed by atoms with Gasteiger partial charge < -0.3 is 10.2 Å². The lowest BCUT2D eigenvalue weighted by Gasteiger charge is -2.42. The van der Waals surface area contributed by atoms with E-state index in [2.05, 4.69) is 29.0 Å². The van der Waals surface area contributed by atoms with E-state index in [-0.39, 0.29) is 0 Å². The molecule has 2 heterocycles. The Balaban J connectivity index is 1.50. The zero-order valence-corrected chi connectivity index (χ0v) is 12.1. The summed E-state index contributed by atoms with van der Waals surface area (Å²) in [6.07, 6.45) is 4.31. The number of nitrogens with zero attached hydrogens (tertiary/aromatic N) is 2. The maximum atomic E-state index is 3.78. The fourth-order valence-corrected chi connectivity index (χ4v) is 3.96. The van der Waals surface area contributed by atoms with Crippen LogP contribution in [-0.4, -0.2) is 61.2 Å². The van der Waals surface area contributed by atoms with Crippen molar-refractivity contribution in [2.45, 2.75) is 38.6 Å².